The minimum Gasteiger partial charge on any atom is -0.457 e. The third-order valence-electron chi connectivity index (χ3n) is 6.58. The first kappa shape index (κ1) is 26.9. The van der Waals surface area contributed by atoms with Crippen molar-refractivity contribution >= 4 is 29.2 Å². The largest absolute Gasteiger partial charge is 0.457 e. The molecule has 1 saturated heterocycles. The molecule has 0 aromatic heterocycles. The zero-order valence-corrected chi connectivity index (χ0v) is 22.3. The van der Waals surface area contributed by atoms with Gasteiger partial charge in [-0.2, -0.15) is 0 Å². The molecule has 4 rings (SSSR count). The van der Waals surface area contributed by atoms with Crippen LogP contribution >= 0.6 is 0 Å². The predicted octanol–water partition coefficient (Wildman–Crippen LogP) is 5.87. The van der Waals surface area contributed by atoms with Crippen molar-refractivity contribution in [1.82, 2.24) is 0 Å². The molecule has 0 saturated carbocycles. The van der Waals surface area contributed by atoms with E-state index in [4.69, 9.17) is 9.47 Å². The maximum atomic E-state index is 12.6. The maximum absolute atomic E-state index is 12.6. The number of anilines is 2. The van der Waals surface area contributed by atoms with Gasteiger partial charge in [0.05, 0.1) is 5.92 Å². The van der Waals surface area contributed by atoms with Crippen molar-refractivity contribution in [3.8, 4) is 11.5 Å². The molecule has 1 heterocycles. The van der Waals surface area contributed by atoms with E-state index >= 15 is 0 Å². The Kier molecular flexibility index (Phi) is 8.15. The van der Waals surface area contributed by atoms with Crippen LogP contribution < -0.4 is 15.0 Å². The van der Waals surface area contributed by atoms with Crippen molar-refractivity contribution in [2.75, 3.05) is 23.4 Å². The van der Waals surface area contributed by atoms with E-state index in [1.54, 1.807) is 29.2 Å². The summed E-state index contributed by atoms with van der Waals surface area (Å²) in [5.74, 6) is -0.388. The van der Waals surface area contributed by atoms with Crippen LogP contribution in [-0.4, -0.2) is 30.9 Å². The fraction of sp³-hybridized carbons (Fsp3) is 0.323. The van der Waals surface area contributed by atoms with Gasteiger partial charge in [-0.15, -0.1) is 0 Å². The molecule has 198 valence electrons. The van der Waals surface area contributed by atoms with Crippen molar-refractivity contribution in [2.45, 2.75) is 46.0 Å². The molecular weight excluding hydrogens is 480 g/mol. The topological polar surface area (TPSA) is 84.9 Å². The van der Waals surface area contributed by atoms with Crippen molar-refractivity contribution < 1.29 is 23.9 Å². The molecule has 1 atom stereocenters. The fourth-order valence-corrected chi connectivity index (χ4v) is 4.36. The van der Waals surface area contributed by atoms with E-state index in [1.165, 1.54) is 5.56 Å². The minimum absolute atomic E-state index is 0.0392. The first-order chi connectivity index (χ1) is 18.1. The van der Waals surface area contributed by atoms with Gasteiger partial charge in [-0.3, -0.25) is 14.4 Å². The van der Waals surface area contributed by atoms with Gasteiger partial charge in [-0.25, -0.2) is 0 Å². The molecule has 3 aromatic carbocycles. The van der Waals surface area contributed by atoms with Crippen LogP contribution in [0.3, 0.4) is 0 Å². The van der Waals surface area contributed by atoms with E-state index in [2.05, 4.69) is 38.2 Å². The number of esters is 1. The number of ether oxygens (including phenoxy) is 2. The summed E-state index contributed by atoms with van der Waals surface area (Å²) in [5.41, 5.74) is 3.67. The monoisotopic (exact) mass is 514 g/mol. The second-order valence-corrected chi connectivity index (χ2v) is 10.4. The lowest BCUT2D eigenvalue weighted by Gasteiger charge is -2.19. The first-order valence-corrected chi connectivity index (χ1v) is 12.9. The second-order valence-electron chi connectivity index (χ2n) is 10.4. The molecule has 1 N–H and O–H groups in total. The lowest BCUT2D eigenvalue weighted by atomic mass is 9.87. The lowest BCUT2D eigenvalue weighted by Crippen LogP contribution is -2.28. The lowest BCUT2D eigenvalue weighted by molar-refractivity contribution is -0.151. The number of hydrogen-bond donors (Lipinski definition) is 1. The average molecular weight is 515 g/mol. The van der Waals surface area contributed by atoms with E-state index in [9.17, 15) is 14.4 Å². The first-order valence-electron chi connectivity index (χ1n) is 12.9. The van der Waals surface area contributed by atoms with Gasteiger partial charge in [-0.1, -0.05) is 58.0 Å². The fourth-order valence-electron chi connectivity index (χ4n) is 4.36. The van der Waals surface area contributed by atoms with Gasteiger partial charge in [0, 0.05) is 24.3 Å². The Balaban J connectivity index is 1.29. The molecule has 38 heavy (non-hydrogen) atoms. The summed E-state index contributed by atoms with van der Waals surface area (Å²) in [5, 5.41) is 2.78. The number of amides is 2. The van der Waals surface area contributed by atoms with E-state index in [1.807, 2.05) is 43.3 Å². The third-order valence-corrected chi connectivity index (χ3v) is 6.58. The number of nitrogens with zero attached hydrogens (tertiary/aromatic N) is 1. The van der Waals surface area contributed by atoms with Gasteiger partial charge >= 0.3 is 5.97 Å². The highest BCUT2D eigenvalue weighted by Crippen LogP contribution is 2.30. The van der Waals surface area contributed by atoms with E-state index in [0.717, 1.165) is 17.7 Å². The Morgan fingerprint density at radius 1 is 0.947 bits per heavy atom. The summed E-state index contributed by atoms with van der Waals surface area (Å²) >= 11 is 0. The molecule has 1 fully saturated rings. The van der Waals surface area contributed by atoms with Crippen LogP contribution in [0.2, 0.25) is 0 Å². The molecule has 3 aromatic rings. The van der Waals surface area contributed by atoms with Gasteiger partial charge < -0.3 is 19.7 Å². The third kappa shape index (κ3) is 6.59. The number of benzene rings is 3. The van der Waals surface area contributed by atoms with Gasteiger partial charge in [-0.05, 0) is 65.4 Å². The normalized spacial score (nSPS) is 15.3. The van der Waals surface area contributed by atoms with Gasteiger partial charge in [0.25, 0.3) is 5.91 Å². The predicted molar refractivity (Wildman–Crippen MR) is 148 cm³/mol. The highest BCUT2D eigenvalue weighted by molar-refractivity contribution is 6.00. The smallest absolute Gasteiger partial charge is 0.311 e. The minimum atomic E-state index is -0.629. The van der Waals surface area contributed by atoms with Crippen LogP contribution in [0.1, 0.15) is 45.2 Å². The van der Waals surface area contributed by atoms with Crippen LogP contribution in [0.4, 0.5) is 11.4 Å². The molecule has 2 amide bonds. The van der Waals surface area contributed by atoms with Crippen LogP contribution in [0.5, 0.6) is 11.5 Å². The van der Waals surface area contributed by atoms with E-state index < -0.39 is 24.4 Å². The van der Waals surface area contributed by atoms with Crippen LogP contribution in [-0.2, 0) is 31.0 Å². The maximum Gasteiger partial charge on any atom is 0.311 e. The van der Waals surface area contributed by atoms with Crippen molar-refractivity contribution in [1.29, 1.82) is 0 Å². The summed E-state index contributed by atoms with van der Waals surface area (Å²) in [6, 6.07) is 22.7. The summed E-state index contributed by atoms with van der Waals surface area (Å²) in [7, 11) is 0. The number of para-hydroxylation sites is 1. The Morgan fingerprint density at radius 3 is 2.21 bits per heavy atom. The number of carbonyl (C=O) groups excluding carboxylic acids is 3. The van der Waals surface area contributed by atoms with Crippen molar-refractivity contribution in [3.05, 3.63) is 83.9 Å². The standard InChI is InChI=1S/C31H34N2O5/c1-5-21-8-6-7-9-27(21)32-28(34)20-37-30(36)22-18-29(35)33(19-22)24-12-16-26(17-13-24)38-25-14-10-23(11-15-25)31(2,3)4/h6-17,22H,5,18-20H2,1-4H3,(H,32,34)/t22-/m1/s1. The number of hydrogen-bond acceptors (Lipinski definition) is 5. The summed E-state index contributed by atoms with van der Waals surface area (Å²) in [4.78, 5) is 39.1. The molecule has 1 aliphatic heterocycles. The summed E-state index contributed by atoms with van der Waals surface area (Å²) in [6.07, 6.45) is 0.811. The molecule has 7 heteroatoms. The molecule has 1 aliphatic rings. The molecular formula is C31H34N2O5. The highest BCUT2D eigenvalue weighted by Gasteiger charge is 2.36. The Bertz CT molecular complexity index is 1290. The quantitative estimate of drug-likeness (QED) is 0.380. The number of aryl methyl sites for hydroxylation is 1. The van der Waals surface area contributed by atoms with E-state index in [0.29, 0.717) is 17.1 Å². The summed E-state index contributed by atoms with van der Waals surface area (Å²) < 4.78 is 11.2. The summed E-state index contributed by atoms with van der Waals surface area (Å²) in [6.45, 7) is 8.29. The Hall–Kier alpha value is -4.13. The Morgan fingerprint density at radius 2 is 1.58 bits per heavy atom. The average Bonchev–Trinajstić information content (AvgIpc) is 3.29. The number of nitrogens with one attached hydrogen (secondary N) is 1. The van der Waals surface area contributed by atoms with Crippen molar-refractivity contribution in [2.24, 2.45) is 5.92 Å². The molecule has 0 unspecified atom stereocenters. The van der Waals surface area contributed by atoms with Crippen LogP contribution in [0.25, 0.3) is 0 Å². The van der Waals surface area contributed by atoms with Gasteiger partial charge in [0.15, 0.2) is 6.61 Å². The SMILES string of the molecule is CCc1ccccc1NC(=O)COC(=O)[C@@H]1CC(=O)N(c2ccc(Oc3ccc(C(C)(C)C)cc3)cc2)C1. The molecule has 0 spiro atoms. The number of rotatable bonds is 8. The zero-order valence-electron chi connectivity index (χ0n) is 22.3. The molecule has 0 bridgehead atoms. The van der Waals surface area contributed by atoms with Crippen LogP contribution in [0, 0.1) is 5.92 Å². The highest BCUT2D eigenvalue weighted by atomic mass is 16.5. The zero-order chi connectivity index (χ0) is 27.3. The second kappa shape index (κ2) is 11.5. The molecule has 0 aliphatic carbocycles. The molecule has 7 nitrogen and oxygen atoms in total. The Labute approximate surface area is 223 Å². The molecule has 0 radical (unpaired) electrons. The van der Waals surface area contributed by atoms with Crippen molar-refractivity contribution in [3.63, 3.8) is 0 Å². The van der Waals surface area contributed by atoms with Crippen LogP contribution in [0.15, 0.2) is 72.8 Å². The van der Waals surface area contributed by atoms with E-state index in [-0.39, 0.29) is 24.3 Å². The van der Waals surface area contributed by atoms with Gasteiger partial charge in [0.1, 0.15) is 11.5 Å². The number of carbonyl (C=O) groups is 3. The van der Waals surface area contributed by atoms with Gasteiger partial charge in [0.2, 0.25) is 5.91 Å².